The Morgan fingerprint density at radius 2 is 1.65 bits per heavy atom. The van der Waals surface area contributed by atoms with Crippen LogP contribution in [0.15, 0.2) is 84.9 Å². The summed E-state index contributed by atoms with van der Waals surface area (Å²) < 4.78 is 0. The SMILES string of the molecule is Cc1ccccc1-c1nc(C(=O)NCCc2ccccc2)cc2c1[nH]c1ccccc12. The minimum Gasteiger partial charge on any atom is -0.353 e. The van der Waals surface area contributed by atoms with E-state index >= 15 is 0 Å². The summed E-state index contributed by atoms with van der Waals surface area (Å²) in [6, 6.07) is 28.4. The Hall–Kier alpha value is -3.92. The number of para-hydroxylation sites is 1. The molecule has 4 heteroatoms. The van der Waals surface area contributed by atoms with E-state index in [4.69, 9.17) is 4.98 Å². The predicted octanol–water partition coefficient (Wildman–Crippen LogP) is 5.66. The van der Waals surface area contributed by atoms with Gasteiger partial charge in [-0.2, -0.15) is 0 Å². The largest absolute Gasteiger partial charge is 0.353 e. The van der Waals surface area contributed by atoms with E-state index in [-0.39, 0.29) is 5.91 Å². The summed E-state index contributed by atoms with van der Waals surface area (Å²) in [5.41, 5.74) is 6.58. The number of fused-ring (bicyclic) bond motifs is 3. The van der Waals surface area contributed by atoms with Gasteiger partial charge in [0.15, 0.2) is 0 Å². The number of carbonyl (C=O) groups excluding carboxylic acids is 1. The van der Waals surface area contributed by atoms with Gasteiger partial charge in [-0.25, -0.2) is 4.98 Å². The minimum absolute atomic E-state index is 0.155. The summed E-state index contributed by atoms with van der Waals surface area (Å²) in [5, 5.41) is 5.14. The highest BCUT2D eigenvalue weighted by molar-refractivity contribution is 6.13. The van der Waals surface area contributed by atoms with Crippen LogP contribution in [0.5, 0.6) is 0 Å². The van der Waals surface area contributed by atoms with Gasteiger partial charge in [0.1, 0.15) is 5.69 Å². The summed E-state index contributed by atoms with van der Waals surface area (Å²) in [5.74, 6) is -0.155. The maximum atomic E-state index is 13.0. The van der Waals surface area contributed by atoms with Crippen molar-refractivity contribution in [1.29, 1.82) is 0 Å². The number of hydrogen-bond acceptors (Lipinski definition) is 2. The lowest BCUT2D eigenvalue weighted by molar-refractivity contribution is 0.0949. The molecule has 0 atom stereocenters. The van der Waals surface area contributed by atoms with E-state index in [2.05, 4.69) is 53.6 Å². The van der Waals surface area contributed by atoms with Crippen molar-refractivity contribution in [2.45, 2.75) is 13.3 Å². The van der Waals surface area contributed by atoms with Crippen LogP contribution in [-0.4, -0.2) is 22.4 Å². The lowest BCUT2D eigenvalue weighted by Gasteiger charge is -2.10. The standard InChI is InChI=1S/C27H23N3O/c1-18-9-5-6-12-20(18)25-26-22(21-13-7-8-14-23(21)29-26)17-24(30-25)27(31)28-16-15-19-10-3-2-4-11-19/h2-14,17,29H,15-16H2,1H3,(H,28,31). The zero-order valence-electron chi connectivity index (χ0n) is 17.4. The Bertz CT molecular complexity index is 1390. The lowest BCUT2D eigenvalue weighted by atomic mass is 10.0. The first-order chi connectivity index (χ1) is 15.2. The first-order valence-corrected chi connectivity index (χ1v) is 10.5. The van der Waals surface area contributed by atoms with Crippen molar-refractivity contribution in [2.75, 3.05) is 6.54 Å². The van der Waals surface area contributed by atoms with Crippen molar-refractivity contribution in [3.05, 3.63) is 102 Å². The molecule has 5 aromatic rings. The Balaban J connectivity index is 1.56. The van der Waals surface area contributed by atoms with Crippen molar-refractivity contribution >= 4 is 27.7 Å². The molecule has 1 amide bonds. The molecule has 5 rings (SSSR count). The molecule has 0 fully saturated rings. The van der Waals surface area contributed by atoms with Gasteiger partial charge in [0.25, 0.3) is 5.91 Å². The molecule has 152 valence electrons. The Labute approximate surface area is 181 Å². The fraction of sp³-hybridized carbons (Fsp3) is 0.111. The fourth-order valence-corrected chi connectivity index (χ4v) is 4.05. The zero-order valence-corrected chi connectivity index (χ0v) is 17.4. The molecule has 2 aromatic heterocycles. The first kappa shape index (κ1) is 19.1. The van der Waals surface area contributed by atoms with Crippen LogP contribution in [0.25, 0.3) is 33.1 Å². The van der Waals surface area contributed by atoms with Gasteiger partial charge in [0, 0.05) is 28.4 Å². The van der Waals surface area contributed by atoms with E-state index in [9.17, 15) is 4.79 Å². The zero-order chi connectivity index (χ0) is 21.2. The lowest BCUT2D eigenvalue weighted by Crippen LogP contribution is -2.26. The summed E-state index contributed by atoms with van der Waals surface area (Å²) in [6.45, 7) is 2.63. The third-order valence-corrected chi connectivity index (χ3v) is 5.67. The molecule has 0 radical (unpaired) electrons. The summed E-state index contributed by atoms with van der Waals surface area (Å²) in [6.07, 6.45) is 0.784. The third-order valence-electron chi connectivity index (χ3n) is 5.67. The van der Waals surface area contributed by atoms with E-state index in [1.807, 2.05) is 48.5 Å². The fourth-order valence-electron chi connectivity index (χ4n) is 4.05. The van der Waals surface area contributed by atoms with Gasteiger partial charge in [0.2, 0.25) is 0 Å². The van der Waals surface area contributed by atoms with E-state index < -0.39 is 0 Å². The van der Waals surface area contributed by atoms with E-state index in [0.717, 1.165) is 45.0 Å². The molecule has 0 saturated heterocycles. The quantitative estimate of drug-likeness (QED) is 0.396. The molecule has 0 aliphatic carbocycles. The van der Waals surface area contributed by atoms with Crippen LogP contribution in [0.4, 0.5) is 0 Å². The molecular weight excluding hydrogens is 382 g/mol. The van der Waals surface area contributed by atoms with Crippen LogP contribution >= 0.6 is 0 Å². The summed E-state index contributed by atoms with van der Waals surface area (Å²) in [4.78, 5) is 21.3. The second-order valence-corrected chi connectivity index (χ2v) is 7.76. The number of carbonyl (C=O) groups is 1. The monoisotopic (exact) mass is 405 g/mol. The van der Waals surface area contributed by atoms with Crippen molar-refractivity contribution in [1.82, 2.24) is 15.3 Å². The van der Waals surface area contributed by atoms with Crippen molar-refractivity contribution in [3.8, 4) is 11.3 Å². The number of nitrogens with zero attached hydrogens (tertiary/aromatic N) is 1. The van der Waals surface area contributed by atoms with Gasteiger partial charge in [-0.3, -0.25) is 4.79 Å². The topological polar surface area (TPSA) is 57.8 Å². The number of aryl methyl sites for hydroxylation is 1. The summed E-state index contributed by atoms with van der Waals surface area (Å²) in [7, 11) is 0. The molecule has 0 aliphatic heterocycles. The first-order valence-electron chi connectivity index (χ1n) is 10.5. The number of aromatic nitrogens is 2. The second-order valence-electron chi connectivity index (χ2n) is 7.76. The van der Waals surface area contributed by atoms with Crippen LogP contribution in [0.1, 0.15) is 21.6 Å². The molecule has 0 spiro atoms. The molecule has 3 aromatic carbocycles. The molecule has 4 nitrogen and oxygen atoms in total. The van der Waals surface area contributed by atoms with E-state index in [1.54, 1.807) is 0 Å². The number of benzene rings is 3. The molecule has 2 N–H and O–H groups in total. The van der Waals surface area contributed by atoms with Crippen LogP contribution in [0.3, 0.4) is 0 Å². The smallest absolute Gasteiger partial charge is 0.269 e. The molecule has 2 heterocycles. The molecule has 31 heavy (non-hydrogen) atoms. The average molecular weight is 406 g/mol. The van der Waals surface area contributed by atoms with Gasteiger partial charge in [-0.05, 0) is 36.6 Å². The summed E-state index contributed by atoms with van der Waals surface area (Å²) >= 11 is 0. The van der Waals surface area contributed by atoms with Crippen LogP contribution in [-0.2, 0) is 6.42 Å². The molecule has 0 unspecified atom stereocenters. The second kappa shape index (κ2) is 8.07. The normalized spacial score (nSPS) is 11.1. The Morgan fingerprint density at radius 3 is 2.48 bits per heavy atom. The van der Waals surface area contributed by atoms with Crippen LogP contribution in [0, 0.1) is 6.92 Å². The molecule has 0 saturated carbocycles. The van der Waals surface area contributed by atoms with Gasteiger partial charge in [-0.1, -0.05) is 72.8 Å². The number of pyridine rings is 1. The minimum atomic E-state index is -0.155. The van der Waals surface area contributed by atoms with Crippen LogP contribution in [0.2, 0.25) is 0 Å². The van der Waals surface area contributed by atoms with Crippen molar-refractivity contribution < 1.29 is 4.79 Å². The van der Waals surface area contributed by atoms with Gasteiger partial charge >= 0.3 is 0 Å². The number of hydrogen-bond donors (Lipinski definition) is 2. The maximum Gasteiger partial charge on any atom is 0.269 e. The highest BCUT2D eigenvalue weighted by atomic mass is 16.1. The van der Waals surface area contributed by atoms with Crippen LogP contribution < -0.4 is 5.32 Å². The Kier molecular flexibility index (Phi) is 4.97. The van der Waals surface area contributed by atoms with Crippen molar-refractivity contribution in [2.24, 2.45) is 0 Å². The highest BCUT2D eigenvalue weighted by Crippen LogP contribution is 2.33. The van der Waals surface area contributed by atoms with E-state index in [0.29, 0.717) is 12.2 Å². The Morgan fingerprint density at radius 1 is 0.903 bits per heavy atom. The average Bonchev–Trinajstić information content (AvgIpc) is 3.18. The van der Waals surface area contributed by atoms with Gasteiger partial charge in [0.05, 0.1) is 11.2 Å². The van der Waals surface area contributed by atoms with Crippen molar-refractivity contribution in [3.63, 3.8) is 0 Å². The van der Waals surface area contributed by atoms with Gasteiger partial charge < -0.3 is 10.3 Å². The molecular formula is C27H23N3O. The maximum absolute atomic E-state index is 13.0. The number of amides is 1. The third kappa shape index (κ3) is 3.68. The molecule has 0 aliphatic rings. The number of nitrogens with one attached hydrogen (secondary N) is 2. The highest BCUT2D eigenvalue weighted by Gasteiger charge is 2.17. The van der Waals surface area contributed by atoms with Gasteiger partial charge in [-0.15, -0.1) is 0 Å². The predicted molar refractivity (Wildman–Crippen MR) is 126 cm³/mol. The number of H-pyrrole nitrogens is 1. The van der Waals surface area contributed by atoms with E-state index in [1.165, 1.54) is 5.56 Å². The molecule has 0 bridgehead atoms. The number of rotatable bonds is 5. The number of aromatic amines is 1.